The van der Waals surface area contributed by atoms with Gasteiger partial charge in [-0.15, -0.1) is 0 Å². The van der Waals surface area contributed by atoms with Crippen LogP contribution in [0, 0.1) is 0 Å². The largest absolute Gasteiger partial charge is 0.277 e. The molecule has 1 heterocycles. The van der Waals surface area contributed by atoms with Gasteiger partial charge in [0.05, 0.1) is 25.7 Å². The Morgan fingerprint density at radius 2 is 1.88 bits per heavy atom. The molecule has 1 aromatic heterocycles. The third-order valence-corrected chi connectivity index (χ3v) is 4.59. The van der Waals surface area contributed by atoms with Crippen LogP contribution in [0.25, 0.3) is 0 Å². The molecule has 0 radical (unpaired) electrons. The number of aromatic amines is 1. The normalized spacial score (nSPS) is 12.2. The quantitative estimate of drug-likeness (QED) is 0.653. The van der Waals surface area contributed by atoms with Crippen molar-refractivity contribution in [3.63, 3.8) is 0 Å². The van der Waals surface area contributed by atoms with Crippen LogP contribution in [0.15, 0.2) is 41.5 Å². The second-order valence-electron chi connectivity index (χ2n) is 5.04. The van der Waals surface area contributed by atoms with E-state index in [4.69, 9.17) is 0 Å². The molecule has 0 saturated heterocycles. The van der Waals surface area contributed by atoms with Crippen LogP contribution in [0.4, 0.5) is 5.69 Å². The Morgan fingerprint density at radius 3 is 2.53 bits per heavy atom. The molecule has 0 spiro atoms. The minimum atomic E-state index is -1.35. The lowest BCUT2D eigenvalue weighted by Gasteiger charge is -2.14. The van der Waals surface area contributed by atoms with Crippen molar-refractivity contribution in [3.05, 3.63) is 42.2 Å². The van der Waals surface area contributed by atoms with Crippen LogP contribution in [0.1, 0.15) is 5.69 Å². The Labute approximate surface area is 103 Å². The smallest absolute Gasteiger partial charge is 0.0825 e. The second-order valence-corrected chi connectivity index (χ2v) is 10.1. The Balaban J connectivity index is 2.26. The van der Waals surface area contributed by atoms with Gasteiger partial charge in [-0.2, -0.15) is 5.10 Å². The number of H-pyrrole nitrogens is 1. The first kappa shape index (κ1) is 11.8. The van der Waals surface area contributed by atoms with Crippen molar-refractivity contribution >= 4 is 25.2 Å². The topological polar surface area (TPSA) is 41.0 Å². The van der Waals surface area contributed by atoms with Gasteiger partial charge in [0.1, 0.15) is 0 Å². The van der Waals surface area contributed by atoms with E-state index in [0.717, 1.165) is 11.4 Å². The summed E-state index contributed by atoms with van der Waals surface area (Å²) in [6.45, 7) is 6.91. The molecule has 88 valence electrons. The zero-order chi connectivity index (χ0) is 12.3. The first-order chi connectivity index (χ1) is 8.07. The van der Waals surface area contributed by atoms with Crippen molar-refractivity contribution < 1.29 is 0 Å². The predicted octanol–water partition coefficient (Wildman–Crippen LogP) is 2.71. The molecule has 1 aromatic carbocycles. The maximum atomic E-state index is 4.45. The van der Waals surface area contributed by atoms with Crippen molar-refractivity contribution in [2.24, 2.45) is 4.99 Å². The van der Waals surface area contributed by atoms with E-state index >= 15 is 0 Å². The number of aliphatic imine (C=N–C) groups is 1. The molecule has 2 aromatic rings. The maximum absolute atomic E-state index is 4.45. The van der Waals surface area contributed by atoms with Gasteiger partial charge >= 0.3 is 0 Å². The SMILES string of the molecule is C[Si](C)(C)c1cn[nH]c1C=Nc1ccccc1. The summed E-state index contributed by atoms with van der Waals surface area (Å²) < 4.78 is 0. The van der Waals surface area contributed by atoms with Crippen LogP contribution >= 0.6 is 0 Å². The van der Waals surface area contributed by atoms with E-state index in [0.29, 0.717) is 0 Å². The summed E-state index contributed by atoms with van der Waals surface area (Å²) in [6.07, 6.45) is 3.80. The zero-order valence-electron chi connectivity index (χ0n) is 10.4. The highest BCUT2D eigenvalue weighted by Crippen LogP contribution is 2.10. The highest BCUT2D eigenvalue weighted by Gasteiger charge is 2.20. The number of benzene rings is 1. The van der Waals surface area contributed by atoms with Crippen LogP contribution in [0.5, 0.6) is 0 Å². The molecule has 2 rings (SSSR count). The monoisotopic (exact) mass is 243 g/mol. The van der Waals surface area contributed by atoms with E-state index in [1.54, 1.807) is 0 Å². The van der Waals surface area contributed by atoms with E-state index < -0.39 is 8.07 Å². The maximum Gasteiger partial charge on any atom is 0.0825 e. The number of para-hydroxylation sites is 1. The Kier molecular flexibility index (Phi) is 3.24. The van der Waals surface area contributed by atoms with E-state index in [9.17, 15) is 0 Å². The summed E-state index contributed by atoms with van der Waals surface area (Å²) in [5.41, 5.74) is 2.00. The molecule has 0 unspecified atom stereocenters. The molecular weight excluding hydrogens is 226 g/mol. The number of nitrogens with zero attached hydrogens (tertiary/aromatic N) is 2. The molecule has 0 fully saturated rings. The first-order valence-electron chi connectivity index (χ1n) is 5.70. The van der Waals surface area contributed by atoms with Crippen molar-refractivity contribution in [3.8, 4) is 0 Å². The van der Waals surface area contributed by atoms with Gasteiger partial charge in [-0.05, 0) is 17.3 Å². The minimum Gasteiger partial charge on any atom is -0.277 e. The Hall–Kier alpha value is -1.68. The van der Waals surface area contributed by atoms with Crippen LogP contribution in [0.3, 0.4) is 0 Å². The van der Waals surface area contributed by atoms with Gasteiger partial charge < -0.3 is 0 Å². The molecule has 3 nitrogen and oxygen atoms in total. The van der Waals surface area contributed by atoms with E-state index in [1.165, 1.54) is 5.19 Å². The van der Waals surface area contributed by atoms with Gasteiger partial charge in [0.15, 0.2) is 0 Å². The number of aromatic nitrogens is 2. The molecular formula is C13H17N3Si. The van der Waals surface area contributed by atoms with Crippen molar-refractivity contribution in [1.29, 1.82) is 0 Å². The molecule has 0 bridgehead atoms. The molecule has 0 saturated carbocycles. The summed E-state index contributed by atoms with van der Waals surface area (Å²) >= 11 is 0. The third-order valence-electron chi connectivity index (χ3n) is 2.58. The third kappa shape index (κ3) is 2.91. The molecule has 0 aliphatic heterocycles. The lowest BCUT2D eigenvalue weighted by atomic mass is 10.3. The molecule has 0 aliphatic carbocycles. The summed E-state index contributed by atoms with van der Waals surface area (Å²) in [6, 6.07) is 9.93. The van der Waals surface area contributed by atoms with E-state index in [1.807, 2.05) is 42.7 Å². The molecule has 17 heavy (non-hydrogen) atoms. The lowest BCUT2D eigenvalue weighted by Crippen LogP contribution is -2.39. The first-order valence-corrected chi connectivity index (χ1v) is 9.20. The number of nitrogens with one attached hydrogen (secondary N) is 1. The summed E-state index contributed by atoms with van der Waals surface area (Å²) in [7, 11) is -1.35. The van der Waals surface area contributed by atoms with E-state index in [-0.39, 0.29) is 0 Å². The second kappa shape index (κ2) is 4.67. The fraction of sp³-hybridized carbons (Fsp3) is 0.231. The Bertz CT molecular complexity index is 509. The zero-order valence-corrected chi connectivity index (χ0v) is 11.4. The highest BCUT2D eigenvalue weighted by atomic mass is 28.3. The molecule has 4 heteroatoms. The molecule has 1 N–H and O–H groups in total. The van der Waals surface area contributed by atoms with Gasteiger partial charge in [0.25, 0.3) is 0 Å². The number of rotatable bonds is 3. The highest BCUT2D eigenvalue weighted by molar-refractivity contribution is 6.89. The van der Waals surface area contributed by atoms with Gasteiger partial charge in [0.2, 0.25) is 0 Å². The summed E-state index contributed by atoms with van der Waals surface area (Å²) in [5.74, 6) is 0. The molecule has 0 aliphatic rings. The summed E-state index contributed by atoms with van der Waals surface area (Å²) in [4.78, 5) is 4.45. The van der Waals surface area contributed by atoms with Crippen LogP contribution in [0.2, 0.25) is 19.6 Å². The molecule has 0 amide bonds. The molecule has 0 atom stereocenters. The van der Waals surface area contributed by atoms with Gasteiger partial charge in [-0.3, -0.25) is 10.1 Å². The predicted molar refractivity (Wildman–Crippen MR) is 75.3 cm³/mol. The van der Waals surface area contributed by atoms with Crippen LogP contribution < -0.4 is 5.19 Å². The number of hydrogen-bond acceptors (Lipinski definition) is 2. The van der Waals surface area contributed by atoms with Crippen molar-refractivity contribution in [2.45, 2.75) is 19.6 Å². The van der Waals surface area contributed by atoms with Gasteiger partial charge in [-0.1, -0.05) is 37.8 Å². The summed E-state index contributed by atoms with van der Waals surface area (Å²) in [5, 5.41) is 8.45. The van der Waals surface area contributed by atoms with Crippen LogP contribution in [-0.2, 0) is 0 Å². The Morgan fingerprint density at radius 1 is 1.18 bits per heavy atom. The fourth-order valence-electron chi connectivity index (χ4n) is 1.65. The van der Waals surface area contributed by atoms with Gasteiger partial charge in [0, 0.05) is 6.20 Å². The van der Waals surface area contributed by atoms with E-state index in [2.05, 4.69) is 34.8 Å². The fourth-order valence-corrected chi connectivity index (χ4v) is 3.03. The van der Waals surface area contributed by atoms with Crippen molar-refractivity contribution in [1.82, 2.24) is 10.2 Å². The standard InChI is InChI=1S/C13H17N3Si/c1-17(2,3)13-10-15-16-12(13)9-14-11-7-5-4-6-8-11/h4-10H,1-3H3,(H,15,16). The lowest BCUT2D eigenvalue weighted by molar-refractivity contribution is 1.08. The van der Waals surface area contributed by atoms with Crippen molar-refractivity contribution in [2.75, 3.05) is 0 Å². The average Bonchev–Trinajstić information content (AvgIpc) is 2.75. The van der Waals surface area contributed by atoms with Crippen LogP contribution in [-0.4, -0.2) is 24.5 Å². The average molecular weight is 243 g/mol. The van der Waals surface area contributed by atoms with Gasteiger partial charge in [-0.25, -0.2) is 0 Å². The number of hydrogen-bond donors (Lipinski definition) is 1. The minimum absolute atomic E-state index is 0.962.